The van der Waals surface area contributed by atoms with Crippen molar-refractivity contribution in [2.24, 2.45) is 0 Å². The van der Waals surface area contributed by atoms with Crippen LogP contribution in [-0.2, 0) is 0 Å². The van der Waals surface area contributed by atoms with E-state index < -0.39 is 0 Å². The highest BCUT2D eigenvalue weighted by atomic mass is 35.5. The van der Waals surface area contributed by atoms with E-state index in [2.05, 4.69) is 31.3 Å². The Morgan fingerprint density at radius 3 is 2.50 bits per heavy atom. The van der Waals surface area contributed by atoms with Gasteiger partial charge in [0.1, 0.15) is 5.75 Å². The zero-order chi connectivity index (χ0) is 14.7. The van der Waals surface area contributed by atoms with Gasteiger partial charge in [0.25, 0.3) is 0 Å². The van der Waals surface area contributed by atoms with Crippen molar-refractivity contribution in [1.29, 1.82) is 0 Å². The molecule has 0 spiro atoms. The highest BCUT2D eigenvalue weighted by Gasteiger charge is 2.12. The van der Waals surface area contributed by atoms with Crippen LogP contribution >= 0.6 is 11.6 Å². The molecule has 0 amide bonds. The quantitative estimate of drug-likeness (QED) is 0.888. The Labute approximate surface area is 125 Å². The monoisotopic (exact) mass is 289 g/mol. The van der Waals surface area contributed by atoms with Crippen molar-refractivity contribution in [3.05, 3.63) is 52.5 Å². The van der Waals surface area contributed by atoms with Crippen LogP contribution in [0.25, 0.3) is 11.1 Å². The Bertz CT molecular complexity index is 610. The molecule has 1 unspecified atom stereocenters. The number of halogens is 1. The molecule has 2 rings (SSSR count). The number of hydrogen-bond donors (Lipinski definition) is 1. The molecule has 2 nitrogen and oxygen atoms in total. The molecule has 0 saturated heterocycles. The Morgan fingerprint density at radius 1 is 1.10 bits per heavy atom. The fourth-order valence-electron chi connectivity index (χ4n) is 2.26. The van der Waals surface area contributed by atoms with Crippen LogP contribution in [0.1, 0.15) is 24.1 Å². The van der Waals surface area contributed by atoms with Gasteiger partial charge >= 0.3 is 0 Å². The predicted molar refractivity (Wildman–Crippen MR) is 85.7 cm³/mol. The highest BCUT2D eigenvalue weighted by molar-refractivity contribution is 6.30. The lowest BCUT2D eigenvalue weighted by molar-refractivity contribution is 0.416. The van der Waals surface area contributed by atoms with Gasteiger partial charge in [-0.15, -0.1) is 0 Å². The van der Waals surface area contributed by atoms with E-state index in [1.54, 1.807) is 7.11 Å². The molecule has 0 aromatic heterocycles. The van der Waals surface area contributed by atoms with Crippen molar-refractivity contribution >= 4 is 11.6 Å². The van der Waals surface area contributed by atoms with Gasteiger partial charge in [-0.2, -0.15) is 0 Å². The number of methoxy groups -OCH3 is 1. The third-order valence-corrected chi connectivity index (χ3v) is 3.88. The highest BCUT2D eigenvalue weighted by Crippen LogP contribution is 2.35. The predicted octanol–water partition coefficient (Wildman–Crippen LogP) is 4.60. The van der Waals surface area contributed by atoms with E-state index in [9.17, 15) is 0 Å². The van der Waals surface area contributed by atoms with Crippen LogP contribution in [0.5, 0.6) is 5.75 Å². The number of rotatable bonds is 4. The summed E-state index contributed by atoms with van der Waals surface area (Å²) in [5.41, 5.74) is 4.59. The van der Waals surface area contributed by atoms with Crippen LogP contribution in [0.2, 0.25) is 5.02 Å². The number of ether oxygens (including phenoxy) is 1. The van der Waals surface area contributed by atoms with Crippen molar-refractivity contribution in [1.82, 2.24) is 5.32 Å². The summed E-state index contributed by atoms with van der Waals surface area (Å²) >= 11 is 6.14. The zero-order valence-electron chi connectivity index (χ0n) is 12.3. The molecule has 2 aromatic carbocycles. The molecule has 1 N–H and O–H groups in total. The Hall–Kier alpha value is -1.51. The first-order valence-corrected chi connectivity index (χ1v) is 7.06. The maximum atomic E-state index is 6.14. The first-order valence-electron chi connectivity index (χ1n) is 6.68. The zero-order valence-corrected chi connectivity index (χ0v) is 13.1. The van der Waals surface area contributed by atoms with Crippen molar-refractivity contribution in [3.63, 3.8) is 0 Å². The standard InChI is InChI=1S/C17H20ClNO/c1-11-5-7-14(18)10-15(11)16-9-13(12(2)19-3)6-8-17(16)20-4/h5-10,12,19H,1-4H3. The number of nitrogens with one attached hydrogen (secondary N) is 1. The van der Waals surface area contributed by atoms with Gasteiger partial charge in [-0.1, -0.05) is 23.7 Å². The van der Waals surface area contributed by atoms with Crippen LogP contribution in [0, 0.1) is 6.92 Å². The Balaban J connectivity index is 2.61. The van der Waals surface area contributed by atoms with Crippen molar-refractivity contribution in [2.45, 2.75) is 19.9 Å². The summed E-state index contributed by atoms with van der Waals surface area (Å²) in [7, 11) is 3.65. The van der Waals surface area contributed by atoms with Gasteiger partial charge in [-0.05, 0) is 61.9 Å². The second-order valence-electron chi connectivity index (χ2n) is 4.93. The summed E-state index contributed by atoms with van der Waals surface area (Å²) in [6.07, 6.45) is 0. The summed E-state index contributed by atoms with van der Waals surface area (Å²) in [6, 6.07) is 12.5. The Morgan fingerprint density at radius 2 is 1.85 bits per heavy atom. The lowest BCUT2D eigenvalue weighted by atomic mass is 9.96. The minimum absolute atomic E-state index is 0.291. The van der Waals surface area contributed by atoms with Crippen molar-refractivity contribution < 1.29 is 4.74 Å². The van der Waals surface area contributed by atoms with Gasteiger partial charge < -0.3 is 10.1 Å². The first-order chi connectivity index (χ1) is 9.56. The van der Waals surface area contributed by atoms with E-state index in [-0.39, 0.29) is 0 Å². The third kappa shape index (κ3) is 2.97. The average molecular weight is 290 g/mol. The van der Waals surface area contributed by atoms with Gasteiger partial charge in [-0.25, -0.2) is 0 Å². The lowest BCUT2D eigenvalue weighted by Crippen LogP contribution is -2.12. The van der Waals surface area contributed by atoms with Crippen LogP contribution in [-0.4, -0.2) is 14.2 Å². The summed E-state index contributed by atoms with van der Waals surface area (Å²) in [4.78, 5) is 0. The van der Waals surface area contributed by atoms with Gasteiger partial charge in [0.2, 0.25) is 0 Å². The molecule has 0 radical (unpaired) electrons. The van der Waals surface area contributed by atoms with Crippen molar-refractivity contribution in [3.8, 4) is 16.9 Å². The number of benzene rings is 2. The van der Waals surface area contributed by atoms with E-state index in [0.29, 0.717) is 6.04 Å². The van der Waals surface area contributed by atoms with E-state index in [1.807, 2.05) is 31.3 Å². The lowest BCUT2D eigenvalue weighted by Gasteiger charge is -2.16. The molecule has 0 aliphatic rings. The van der Waals surface area contributed by atoms with Crippen LogP contribution in [0.15, 0.2) is 36.4 Å². The minimum atomic E-state index is 0.291. The summed E-state index contributed by atoms with van der Waals surface area (Å²) in [5, 5.41) is 3.99. The first kappa shape index (κ1) is 14.9. The minimum Gasteiger partial charge on any atom is -0.496 e. The molecule has 0 bridgehead atoms. The second kappa shape index (κ2) is 6.29. The smallest absolute Gasteiger partial charge is 0.126 e. The summed E-state index contributed by atoms with van der Waals surface area (Å²) < 4.78 is 5.50. The largest absolute Gasteiger partial charge is 0.496 e. The maximum Gasteiger partial charge on any atom is 0.126 e. The molecular weight excluding hydrogens is 270 g/mol. The van der Waals surface area contributed by atoms with E-state index in [4.69, 9.17) is 16.3 Å². The molecule has 106 valence electrons. The molecule has 0 aliphatic heterocycles. The van der Waals surface area contributed by atoms with Gasteiger partial charge in [0.05, 0.1) is 7.11 Å². The molecular formula is C17H20ClNO. The van der Waals surface area contributed by atoms with Gasteiger partial charge in [0.15, 0.2) is 0 Å². The molecule has 3 heteroatoms. The third-order valence-electron chi connectivity index (χ3n) is 3.65. The van der Waals surface area contributed by atoms with Gasteiger partial charge in [-0.3, -0.25) is 0 Å². The summed E-state index contributed by atoms with van der Waals surface area (Å²) in [6.45, 7) is 4.22. The topological polar surface area (TPSA) is 21.3 Å². The Kier molecular flexibility index (Phi) is 4.69. The van der Waals surface area contributed by atoms with Gasteiger partial charge in [0, 0.05) is 16.6 Å². The SMILES string of the molecule is CNC(C)c1ccc(OC)c(-c2cc(Cl)ccc2C)c1. The van der Waals surface area contributed by atoms with E-state index in [1.165, 1.54) is 11.1 Å². The molecule has 0 saturated carbocycles. The fourth-order valence-corrected chi connectivity index (χ4v) is 2.43. The summed E-state index contributed by atoms with van der Waals surface area (Å²) in [5.74, 6) is 0.863. The fraction of sp³-hybridized carbons (Fsp3) is 0.294. The number of hydrogen-bond acceptors (Lipinski definition) is 2. The molecule has 1 atom stereocenters. The maximum absolute atomic E-state index is 6.14. The van der Waals surface area contributed by atoms with Crippen molar-refractivity contribution in [2.75, 3.05) is 14.2 Å². The molecule has 2 aromatic rings. The normalized spacial score (nSPS) is 12.2. The molecule has 0 heterocycles. The average Bonchev–Trinajstić information content (AvgIpc) is 2.48. The van der Waals surface area contributed by atoms with E-state index >= 15 is 0 Å². The van der Waals surface area contributed by atoms with E-state index in [0.717, 1.165) is 21.9 Å². The van der Waals surface area contributed by atoms with Crippen LogP contribution in [0.4, 0.5) is 0 Å². The van der Waals surface area contributed by atoms with Crippen LogP contribution in [0.3, 0.4) is 0 Å². The number of aryl methyl sites for hydroxylation is 1. The van der Waals surface area contributed by atoms with Crippen LogP contribution < -0.4 is 10.1 Å². The molecule has 20 heavy (non-hydrogen) atoms. The molecule has 0 fully saturated rings. The molecule has 0 aliphatic carbocycles. The second-order valence-corrected chi connectivity index (χ2v) is 5.37.